The molecule has 2 rings (SSSR count). The summed E-state index contributed by atoms with van der Waals surface area (Å²) in [6, 6.07) is 3.11. The zero-order valence-electron chi connectivity index (χ0n) is 18.4. The highest BCUT2D eigenvalue weighted by Crippen LogP contribution is 2.38. The number of hydrogen-bond donors (Lipinski definition) is 0. The van der Waals surface area contributed by atoms with Crippen molar-refractivity contribution in [3.63, 3.8) is 0 Å². The van der Waals surface area contributed by atoms with Gasteiger partial charge in [-0.1, -0.05) is 5.92 Å². The van der Waals surface area contributed by atoms with E-state index in [0.717, 1.165) is 58.4 Å². The normalized spacial score (nSPS) is 14.9. The Morgan fingerprint density at radius 3 is 2.45 bits per heavy atom. The maximum atomic E-state index is 12.5. The molecule has 1 aliphatic rings. The number of nitrogens with zero attached hydrogens (tertiary/aromatic N) is 2. The average Bonchev–Trinajstić information content (AvgIpc) is 3.03. The lowest BCUT2D eigenvalue weighted by molar-refractivity contribution is -0.108. The van der Waals surface area contributed by atoms with E-state index < -0.39 is 5.97 Å². The molecule has 0 saturated carbocycles. The molecule has 0 aliphatic carbocycles. The summed E-state index contributed by atoms with van der Waals surface area (Å²) in [5.74, 6) is 3.00. The first-order valence-corrected chi connectivity index (χ1v) is 10.5. The van der Waals surface area contributed by atoms with Crippen molar-refractivity contribution in [1.82, 2.24) is 9.80 Å². The van der Waals surface area contributed by atoms with Gasteiger partial charge in [-0.25, -0.2) is 4.79 Å². The highest BCUT2D eigenvalue weighted by Gasteiger charge is 2.19. The van der Waals surface area contributed by atoms with Gasteiger partial charge in [0.2, 0.25) is 5.75 Å². The Hall–Kier alpha value is -2.76. The highest BCUT2D eigenvalue weighted by atomic mass is 16.5. The van der Waals surface area contributed by atoms with E-state index in [-0.39, 0.29) is 6.61 Å². The van der Waals surface area contributed by atoms with E-state index in [0.29, 0.717) is 35.8 Å². The van der Waals surface area contributed by atoms with Gasteiger partial charge >= 0.3 is 5.97 Å². The van der Waals surface area contributed by atoms with Gasteiger partial charge in [0.1, 0.15) is 12.9 Å². The number of ether oxygens (including phenoxy) is 4. The lowest BCUT2D eigenvalue weighted by Crippen LogP contribution is -2.32. The first kappa shape index (κ1) is 24.5. The molecule has 31 heavy (non-hydrogen) atoms. The van der Waals surface area contributed by atoms with Crippen molar-refractivity contribution in [3.05, 3.63) is 17.7 Å². The Morgan fingerprint density at radius 1 is 1.10 bits per heavy atom. The summed E-state index contributed by atoms with van der Waals surface area (Å²) in [5.41, 5.74) is 0.310. The Morgan fingerprint density at radius 2 is 1.81 bits per heavy atom. The van der Waals surface area contributed by atoms with Crippen molar-refractivity contribution in [2.45, 2.75) is 19.3 Å². The van der Waals surface area contributed by atoms with Gasteiger partial charge in [0.25, 0.3) is 0 Å². The van der Waals surface area contributed by atoms with E-state index in [4.69, 9.17) is 25.4 Å². The number of carbonyl (C=O) groups excluding carboxylic acids is 2. The third-order valence-corrected chi connectivity index (χ3v) is 5.09. The van der Waals surface area contributed by atoms with Crippen molar-refractivity contribution in [3.8, 4) is 29.6 Å². The molecule has 1 aromatic rings. The van der Waals surface area contributed by atoms with Crippen LogP contribution in [-0.2, 0) is 9.53 Å². The molecular weight excluding hydrogens is 400 g/mol. The third-order valence-electron chi connectivity index (χ3n) is 5.09. The van der Waals surface area contributed by atoms with E-state index in [9.17, 15) is 9.59 Å². The minimum absolute atomic E-state index is 0.0421. The van der Waals surface area contributed by atoms with Gasteiger partial charge < -0.3 is 33.5 Å². The van der Waals surface area contributed by atoms with Crippen LogP contribution in [0.25, 0.3) is 0 Å². The zero-order valence-corrected chi connectivity index (χ0v) is 18.4. The molecule has 0 atom stereocenters. The molecule has 1 heterocycles. The van der Waals surface area contributed by atoms with E-state index in [1.54, 1.807) is 12.1 Å². The number of benzene rings is 1. The van der Waals surface area contributed by atoms with E-state index in [2.05, 4.69) is 15.7 Å². The molecule has 0 aromatic heterocycles. The standard InChI is InChI=1S/C23H32N2O6/c1-4-15-30-21-18-19(17-20(28-2)22(21)29-3)23(27)31-16-7-11-25-9-5-8-24(12-13-25)10-6-14-26/h1,14,17-18H,5-13,15-16H2,2-3H3. The Balaban J connectivity index is 1.84. The quantitative estimate of drug-likeness (QED) is 0.214. The van der Waals surface area contributed by atoms with Gasteiger partial charge in [-0.05, 0) is 38.1 Å². The molecule has 1 saturated heterocycles. The maximum absolute atomic E-state index is 12.5. The third kappa shape index (κ3) is 7.78. The zero-order chi connectivity index (χ0) is 22.5. The molecule has 170 valence electrons. The van der Waals surface area contributed by atoms with Crippen LogP contribution in [0.1, 0.15) is 29.6 Å². The average molecular weight is 433 g/mol. The van der Waals surface area contributed by atoms with Crippen LogP contribution in [0.3, 0.4) is 0 Å². The molecule has 0 amide bonds. The van der Waals surface area contributed by atoms with Crippen LogP contribution in [0.2, 0.25) is 0 Å². The topological polar surface area (TPSA) is 77.5 Å². The van der Waals surface area contributed by atoms with Gasteiger partial charge in [0.05, 0.1) is 26.4 Å². The number of hydrogen-bond acceptors (Lipinski definition) is 8. The number of methoxy groups -OCH3 is 2. The number of esters is 1. The molecule has 1 aromatic carbocycles. The van der Waals surface area contributed by atoms with Gasteiger partial charge in [0, 0.05) is 32.6 Å². The molecular formula is C23H32N2O6. The second kappa shape index (κ2) is 13.5. The fourth-order valence-corrected chi connectivity index (χ4v) is 3.52. The van der Waals surface area contributed by atoms with E-state index in [1.165, 1.54) is 14.2 Å². The molecule has 1 aliphatic heterocycles. The molecule has 0 radical (unpaired) electrons. The molecule has 1 fully saturated rings. The summed E-state index contributed by atoms with van der Waals surface area (Å²) < 4.78 is 21.5. The summed E-state index contributed by atoms with van der Waals surface area (Å²) in [6.45, 7) is 5.99. The summed E-state index contributed by atoms with van der Waals surface area (Å²) in [5, 5.41) is 0. The fourth-order valence-electron chi connectivity index (χ4n) is 3.52. The van der Waals surface area contributed by atoms with Crippen molar-refractivity contribution >= 4 is 12.3 Å². The predicted octanol–water partition coefficient (Wildman–Crippen LogP) is 1.86. The van der Waals surface area contributed by atoms with Crippen LogP contribution in [0.5, 0.6) is 17.2 Å². The first-order chi connectivity index (χ1) is 15.1. The second-order valence-corrected chi connectivity index (χ2v) is 7.18. The van der Waals surface area contributed by atoms with Crippen molar-refractivity contribution in [1.29, 1.82) is 0 Å². The predicted molar refractivity (Wildman–Crippen MR) is 117 cm³/mol. The van der Waals surface area contributed by atoms with Gasteiger partial charge in [-0.3, -0.25) is 0 Å². The van der Waals surface area contributed by atoms with E-state index in [1.807, 2.05) is 0 Å². The van der Waals surface area contributed by atoms with Crippen LogP contribution in [0, 0.1) is 12.3 Å². The fraction of sp³-hybridized carbons (Fsp3) is 0.565. The number of aldehydes is 1. The second-order valence-electron chi connectivity index (χ2n) is 7.18. The van der Waals surface area contributed by atoms with Crippen LogP contribution in [-0.4, -0.2) is 88.8 Å². The maximum Gasteiger partial charge on any atom is 0.338 e. The smallest absolute Gasteiger partial charge is 0.338 e. The summed E-state index contributed by atoms with van der Waals surface area (Å²) in [4.78, 5) is 27.8. The minimum atomic E-state index is -0.456. The molecule has 8 heteroatoms. The number of terminal acetylenes is 1. The highest BCUT2D eigenvalue weighted by molar-refractivity contribution is 5.91. The molecule has 0 bridgehead atoms. The molecule has 0 N–H and O–H groups in total. The number of carbonyl (C=O) groups is 2. The van der Waals surface area contributed by atoms with Crippen molar-refractivity contribution in [2.24, 2.45) is 0 Å². The SMILES string of the molecule is C#CCOc1cc(C(=O)OCCCN2CCCN(CCC=O)CC2)cc(OC)c1OC. The first-order valence-electron chi connectivity index (χ1n) is 10.5. The van der Waals surface area contributed by atoms with Gasteiger partial charge in [-0.15, -0.1) is 6.42 Å². The van der Waals surface area contributed by atoms with Crippen LogP contribution in [0.4, 0.5) is 0 Å². The lowest BCUT2D eigenvalue weighted by Gasteiger charge is -2.21. The monoisotopic (exact) mass is 432 g/mol. The van der Waals surface area contributed by atoms with Crippen LogP contribution in [0.15, 0.2) is 12.1 Å². The van der Waals surface area contributed by atoms with Crippen LogP contribution >= 0.6 is 0 Å². The summed E-state index contributed by atoms with van der Waals surface area (Å²) >= 11 is 0. The Labute approximate surface area is 184 Å². The number of rotatable bonds is 12. The Kier molecular flexibility index (Phi) is 10.7. The van der Waals surface area contributed by atoms with Gasteiger partial charge in [-0.2, -0.15) is 0 Å². The Bertz CT molecular complexity index is 761. The largest absolute Gasteiger partial charge is 0.493 e. The summed E-state index contributed by atoms with van der Waals surface area (Å²) in [7, 11) is 2.97. The minimum Gasteiger partial charge on any atom is -0.493 e. The van der Waals surface area contributed by atoms with Gasteiger partial charge in [0.15, 0.2) is 11.5 Å². The van der Waals surface area contributed by atoms with Crippen molar-refractivity contribution in [2.75, 3.05) is 66.7 Å². The van der Waals surface area contributed by atoms with Crippen LogP contribution < -0.4 is 14.2 Å². The lowest BCUT2D eigenvalue weighted by atomic mass is 10.2. The molecule has 8 nitrogen and oxygen atoms in total. The summed E-state index contributed by atoms with van der Waals surface area (Å²) in [6.07, 6.45) is 8.63. The molecule has 0 spiro atoms. The van der Waals surface area contributed by atoms with E-state index >= 15 is 0 Å². The molecule has 0 unspecified atom stereocenters. The van der Waals surface area contributed by atoms with Crippen molar-refractivity contribution < 1.29 is 28.5 Å².